The molecule has 1 aromatic heterocycles. The van der Waals surface area contributed by atoms with Crippen molar-refractivity contribution in [3.8, 4) is 11.4 Å². The fourth-order valence-corrected chi connectivity index (χ4v) is 2.98. The third kappa shape index (κ3) is 4.87. The minimum absolute atomic E-state index is 0.0331. The molecule has 5 nitrogen and oxygen atoms in total. The number of carbonyl (C=O) groups excluding carboxylic acids is 1. The van der Waals surface area contributed by atoms with Crippen molar-refractivity contribution in [2.75, 3.05) is 0 Å². The summed E-state index contributed by atoms with van der Waals surface area (Å²) in [6, 6.07) is 11.1. The van der Waals surface area contributed by atoms with Crippen LogP contribution in [-0.4, -0.2) is 16.0 Å². The molecule has 0 bridgehead atoms. The van der Waals surface area contributed by atoms with Gasteiger partial charge in [0, 0.05) is 11.1 Å². The van der Waals surface area contributed by atoms with Crippen molar-refractivity contribution >= 4 is 5.91 Å². The van der Waals surface area contributed by atoms with Gasteiger partial charge < -0.3 is 9.84 Å². The van der Waals surface area contributed by atoms with Crippen LogP contribution in [0.1, 0.15) is 53.7 Å². The second-order valence-electron chi connectivity index (χ2n) is 7.24. The van der Waals surface area contributed by atoms with Gasteiger partial charge in [0.15, 0.2) is 0 Å². The van der Waals surface area contributed by atoms with Crippen LogP contribution in [0, 0.1) is 12.8 Å². The van der Waals surface area contributed by atoms with E-state index < -0.39 is 23.7 Å². The lowest BCUT2D eigenvalue weighted by molar-refractivity contribution is -0.137. The molecule has 3 rings (SSSR count). The maximum atomic E-state index is 12.7. The molecule has 0 aliphatic rings. The summed E-state index contributed by atoms with van der Waals surface area (Å²) in [5.41, 5.74) is 1.15. The number of aromatic nitrogens is 2. The van der Waals surface area contributed by atoms with Crippen LogP contribution in [0.25, 0.3) is 11.4 Å². The molecule has 0 aliphatic heterocycles. The number of aryl methyl sites for hydroxylation is 1. The number of nitrogens with one attached hydrogen (secondary N) is 1. The maximum absolute atomic E-state index is 12.7. The second kappa shape index (κ2) is 8.69. The summed E-state index contributed by atoms with van der Waals surface area (Å²) in [6.45, 7) is 5.84. The highest BCUT2D eigenvalue weighted by molar-refractivity contribution is 5.94. The van der Waals surface area contributed by atoms with E-state index in [-0.39, 0.29) is 17.4 Å². The first-order valence-corrected chi connectivity index (χ1v) is 9.57. The first-order chi connectivity index (χ1) is 14.2. The van der Waals surface area contributed by atoms with Crippen LogP contribution < -0.4 is 5.32 Å². The van der Waals surface area contributed by atoms with Crippen molar-refractivity contribution in [3.05, 3.63) is 71.1 Å². The largest absolute Gasteiger partial charge is 0.416 e. The molecule has 30 heavy (non-hydrogen) atoms. The van der Waals surface area contributed by atoms with Gasteiger partial charge in [-0.15, -0.1) is 0 Å². The third-order valence-corrected chi connectivity index (χ3v) is 4.96. The topological polar surface area (TPSA) is 68.0 Å². The lowest BCUT2D eigenvalue weighted by Gasteiger charge is -2.21. The normalized spacial score (nSPS) is 13.7. The van der Waals surface area contributed by atoms with Crippen molar-refractivity contribution in [2.45, 2.75) is 39.4 Å². The lowest BCUT2D eigenvalue weighted by Crippen LogP contribution is -2.32. The molecule has 0 saturated carbocycles. The van der Waals surface area contributed by atoms with Crippen molar-refractivity contribution in [1.29, 1.82) is 0 Å². The molecule has 0 saturated heterocycles. The Balaban J connectivity index is 1.82. The van der Waals surface area contributed by atoms with E-state index in [0.717, 1.165) is 41.8 Å². The van der Waals surface area contributed by atoms with Gasteiger partial charge in [-0.05, 0) is 43.2 Å². The summed E-state index contributed by atoms with van der Waals surface area (Å²) in [5.74, 6) is 0.116. The third-order valence-electron chi connectivity index (χ3n) is 4.96. The quantitative estimate of drug-likeness (QED) is 0.568. The van der Waals surface area contributed by atoms with Gasteiger partial charge in [0.25, 0.3) is 5.91 Å². The van der Waals surface area contributed by atoms with E-state index in [2.05, 4.69) is 15.5 Å². The smallest absolute Gasteiger partial charge is 0.340 e. The molecule has 2 aromatic carbocycles. The van der Waals surface area contributed by atoms with E-state index >= 15 is 0 Å². The van der Waals surface area contributed by atoms with E-state index in [1.165, 1.54) is 0 Å². The zero-order chi connectivity index (χ0) is 21.9. The molecule has 1 amide bonds. The first kappa shape index (κ1) is 21.5. The highest BCUT2D eigenvalue weighted by Gasteiger charge is 2.31. The van der Waals surface area contributed by atoms with Gasteiger partial charge >= 0.3 is 6.18 Å². The molecule has 3 aromatic rings. The number of halogens is 3. The molecule has 158 valence electrons. The number of hydrogen-bond donors (Lipinski definition) is 1. The molecule has 0 aliphatic carbocycles. The van der Waals surface area contributed by atoms with Crippen molar-refractivity contribution in [2.24, 2.45) is 5.92 Å². The number of amides is 1. The van der Waals surface area contributed by atoms with E-state index in [0.29, 0.717) is 5.82 Å². The Morgan fingerprint density at radius 3 is 2.47 bits per heavy atom. The minimum Gasteiger partial charge on any atom is -0.340 e. The standard InChI is InChI=1S/C22H22F3N3O2/c1-4-14(3)18(21-27-19(28-30-21)16-7-5-6-13(2)12-16)26-20(29)15-8-10-17(11-9-15)22(23,24)25/h5-12,14,18H,4H2,1-3H3,(H,26,29). The Morgan fingerprint density at radius 2 is 1.87 bits per heavy atom. The Bertz CT molecular complexity index is 1010. The molecular formula is C22H22F3N3O2. The van der Waals surface area contributed by atoms with E-state index in [1.807, 2.05) is 45.0 Å². The predicted molar refractivity (Wildman–Crippen MR) is 106 cm³/mol. The fourth-order valence-electron chi connectivity index (χ4n) is 2.98. The van der Waals surface area contributed by atoms with Gasteiger partial charge in [0.1, 0.15) is 6.04 Å². The van der Waals surface area contributed by atoms with Crippen molar-refractivity contribution in [1.82, 2.24) is 15.5 Å². The number of carbonyl (C=O) groups is 1. The van der Waals surface area contributed by atoms with Crippen LogP contribution in [0.3, 0.4) is 0 Å². The number of rotatable bonds is 6. The molecular weight excluding hydrogens is 395 g/mol. The highest BCUT2D eigenvalue weighted by Crippen LogP contribution is 2.30. The summed E-state index contributed by atoms with van der Waals surface area (Å²) < 4.78 is 43.6. The molecule has 0 spiro atoms. The van der Waals surface area contributed by atoms with Gasteiger partial charge in [-0.25, -0.2) is 0 Å². The van der Waals surface area contributed by atoms with Crippen LogP contribution in [0.2, 0.25) is 0 Å². The molecule has 1 N–H and O–H groups in total. The second-order valence-corrected chi connectivity index (χ2v) is 7.24. The molecule has 8 heteroatoms. The van der Waals surface area contributed by atoms with Crippen LogP contribution in [0.5, 0.6) is 0 Å². The molecule has 2 atom stereocenters. The zero-order valence-corrected chi connectivity index (χ0v) is 16.8. The van der Waals surface area contributed by atoms with Crippen LogP contribution in [0.4, 0.5) is 13.2 Å². The SMILES string of the molecule is CCC(C)C(NC(=O)c1ccc(C(F)(F)F)cc1)c1nc(-c2cccc(C)c2)no1. The molecule has 2 unspecified atom stereocenters. The number of benzene rings is 2. The highest BCUT2D eigenvalue weighted by atomic mass is 19.4. The summed E-state index contributed by atoms with van der Waals surface area (Å²) in [4.78, 5) is 17.1. The summed E-state index contributed by atoms with van der Waals surface area (Å²) >= 11 is 0. The van der Waals surface area contributed by atoms with E-state index in [9.17, 15) is 18.0 Å². The van der Waals surface area contributed by atoms with Gasteiger partial charge in [-0.2, -0.15) is 18.2 Å². The van der Waals surface area contributed by atoms with Gasteiger partial charge in [-0.1, -0.05) is 49.2 Å². The van der Waals surface area contributed by atoms with Crippen LogP contribution in [-0.2, 0) is 6.18 Å². The Hall–Kier alpha value is -3.16. The maximum Gasteiger partial charge on any atom is 0.416 e. The van der Waals surface area contributed by atoms with Crippen LogP contribution >= 0.6 is 0 Å². The molecule has 1 heterocycles. The van der Waals surface area contributed by atoms with E-state index in [1.54, 1.807) is 0 Å². The van der Waals surface area contributed by atoms with Crippen molar-refractivity contribution < 1.29 is 22.5 Å². The predicted octanol–water partition coefficient (Wildman–Crippen LogP) is 5.58. The summed E-state index contributed by atoms with van der Waals surface area (Å²) in [7, 11) is 0. The Kier molecular flexibility index (Phi) is 6.24. The minimum atomic E-state index is -4.45. The Labute approximate surface area is 172 Å². The van der Waals surface area contributed by atoms with Gasteiger partial charge in [-0.3, -0.25) is 4.79 Å². The average Bonchev–Trinajstić information content (AvgIpc) is 3.20. The number of hydrogen-bond acceptors (Lipinski definition) is 4. The van der Waals surface area contributed by atoms with Gasteiger partial charge in [0.05, 0.1) is 5.56 Å². The number of nitrogens with zero attached hydrogens (tertiary/aromatic N) is 2. The summed E-state index contributed by atoms with van der Waals surface area (Å²) in [5, 5.41) is 6.84. The average molecular weight is 417 g/mol. The summed E-state index contributed by atoms with van der Waals surface area (Å²) in [6.07, 6.45) is -3.73. The fraction of sp³-hybridized carbons (Fsp3) is 0.318. The zero-order valence-electron chi connectivity index (χ0n) is 16.8. The van der Waals surface area contributed by atoms with Crippen LogP contribution in [0.15, 0.2) is 53.1 Å². The van der Waals surface area contributed by atoms with Crippen molar-refractivity contribution in [3.63, 3.8) is 0 Å². The van der Waals surface area contributed by atoms with E-state index in [4.69, 9.17) is 4.52 Å². The lowest BCUT2D eigenvalue weighted by atomic mass is 9.98. The first-order valence-electron chi connectivity index (χ1n) is 9.57. The monoisotopic (exact) mass is 417 g/mol. The number of alkyl halides is 3. The molecule has 0 fully saturated rings. The molecule has 0 radical (unpaired) electrons. The van der Waals surface area contributed by atoms with Gasteiger partial charge in [0.2, 0.25) is 11.7 Å². The Morgan fingerprint density at radius 1 is 1.17 bits per heavy atom.